The highest BCUT2D eigenvalue weighted by Gasteiger charge is 2.08. The number of aliphatic imine (C=N–C) groups is 1. The summed E-state index contributed by atoms with van der Waals surface area (Å²) < 4.78 is 12.8. The quantitative estimate of drug-likeness (QED) is 0.316. The van der Waals surface area contributed by atoms with Crippen LogP contribution in [-0.4, -0.2) is 44.0 Å². The molecule has 2 N–H and O–H groups in total. The molecule has 0 aliphatic carbocycles. The van der Waals surface area contributed by atoms with Gasteiger partial charge in [-0.2, -0.15) is 0 Å². The molecular formula is C18H27FN4O. The second kappa shape index (κ2) is 11.2. The van der Waals surface area contributed by atoms with Gasteiger partial charge in [-0.25, -0.2) is 4.39 Å². The fourth-order valence-electron chi connectivity index (χ4n) is 2.20. The smallest absolute Gasteiger partial charge is 0.243 e. The van der Waals surface area contributed by atoms with Crippen LogP contribution in [0.15, 0.2) is 41.9 Å². The Hall–Kier alpha value is -2.37. The van der Waals surface area contributed by atoms with E-state index in [0.717, 1.165) is 32.2 Å². The molecule has 0 fully saturated rings. The molecule has 0 unspecified atom stereocenters. The summed E-state index contributed by atoms with van der Waals surface area (Å²) >= 11 is 0. The highest BCUT2D eigenvalue weighted by molar-refractivity contribution is 5.94. The zero-order valence-electron chi connectivity index (χ0n) is 14.5. The first-order valence-electron chi connectivity index (χ1n) is 8.15. The predicted octanol–water partition coefficient (Wildman–Crippen LogP) is 3.02. The lowest BCUT2D eigenvalue weighted by atomic mass is 10.2. The topological polar surface area (TPSA) is 56.7 Å². The number of unbranched alkanes of at least 4 members (excludes halogenated alkanes) is 3. The number of allylic oxidation sites excluding steroid dienone is 1. The molecule has 0 atom stereocenters. The minimum absolute atomic E-state index is 0.102. The van der Waals surface area contributed by atoms with E-state index >= 15 is 0 Å². The van der Waals surface area contributed by atoms with Crippen LogP contribution in [0.25, 0.3) is 0 Å². The van der Waals surface area contributed by atoms with E-state index in [1.54, 1.807) is 7.05 Å². The van der Waals surface area contributed by atoms with Gasteiger partial charge in [0.25, 0.3) is 0 Å². The Morgan fingerprint density at radius 2 is 2.00 bits per heavy atom. The molecule has 0 saturated heterocycles. The van der Waals surface area contributed by atoms with Crippen molar-refractivity contribution in [3.05, 3.63) is 42.7 Å². The van der Waals surface area contributed by atoms with Crippen LogP contribution in [0, 0.1) is 5.82 Å². The Kier molecular flexibility index (Phi) is 9.19. The van der Waals surface area contributed by atoms with Crippen LogP contribution in [0.4, 0.5) is 10.1 Å². The summed E-state index contributed by atoms with van der Waals surface area (Å²) in [6.07, 6.45) is 6.32. The van der Waals surface area contributed by atoms with Crippen molar-refractivity contribution in [1.82, 2.24) is 10.2 Å². The minimum Gasteiger partial charge on any atom is -0.347 e. The first-order chi connectivity index (χ1) is 11.6. The number of guanidine groups is 1. The molecule has 0 aliphatic heterocycles. The lowest BCUT2D eigenvalue weighted by Crippen LogP contribution is -2.42. The normalized spacial score (nSPS) is 11.0. The third-order valence-corrected chi connectivity index (χ3v) is 3.51. The van der Waals surface area contributed by atoms with Crippen LogP contribution in [0.1, 0.15) is 25.7 Å². The van der Waals surface area contributed by atoms with Gasteiger partial charge >= 0.3 is 0 Å². The average molecular weight is 334 g/mol. The molecule has 132 valence electrons. The van der Waals surface area contributed by atoms with Gasteiger partial charge in [0.2, 0.25) is 5.91 Å². The molecule has 24 heavy (non-hydrogen) atoms. The van der Waals surface area contributed by atoms with E-state index in [1.807, 2.05) is 18.0 Å². The number of benzene rings is 1. The van der Waals surface area contributed by atoms with Crippen LogP contribution in [-0.2, 0) is 4.79 Å². The summed E-state index contributed by atoms with van der Waals surface area (Å²) in [7, 11) is 3.63. The zero-order valence-corrected chi connectivity index (χ0v) is 14.5. The fourth-order valence-corrected chi connectivity index (χ4v) is 2.20. The van der Waals surface area contributed by atoms with E-state index in [0.29, 0.717) is 11.6 Å². The number of hydrogen-bond acceptors (Lipinski definition) is 2. The van der Waals surface area contributed by atoms with E-state index < -0.39 is 0 Å². The molecule has 0 aliphatic rings. The zero-order chi connectivity index (χ0) is 17.8. The van der Waals surface area contributed by atoms with Crippen LogP contribution in [0.3, 0.4) is 0 Å². The van der Waals surface area contributed by atoms with E-state index in [2.05, 4.69) is 22.2 Å². The number of amides is 1. The van der Waals surface area contributed by atoms with Crippen LogP contribution >= 0.6 is 0 Å². The summed E-state index contributed by atoms with van der Waals surface area (Å²) in [5, 5.41) is 5.73. The van der Waals surface area contributed by atoms with Crippen molar-refractivity contribution in [3.63, 3.8) is 0 Å². The van der Waals surface area contributed by atoms with E-state index in [1.165, 1.54) is 24.3 Å². The predicted molar refractivity (Wildman–Crippen MR) is 97.7 cm³/mol. The highest BCUT2D eigenvalue weighted by Crippen LogP contribution is 2.07. The summed E-state index contributed by atoms with van der Waals surface area (Å²) in [6.45, 7) is 4.69. The maximum Gasteiger partial charge on any atom is 0.243 e. The molecule has 5 nitrogen and oxygen atoms in total. The fraction of sp³-hybridized carbons (Fsp3) is 0.444. The maximum atomic E-state index is 12.8. The first kappa shape index (κ1) is 19.7. The van der Waals surface area contributed by atoms with Crippen LogP contribution in [0.5, 0.6) is 0 Å². The minimum atomic E-state index is -0.332. The molecule has 0 spiro atoms. The lowest BCUT2D eigenvalue weighted by molar-refractivity contribution is -0.115. The molecule has 1 amide bonds. The van der Waals surface area contributed by atoms with Gasteiger partial charge in [0.05, 0.1) is 6.54 Å². The number of carbonyl (C=O) groups excluding carboxylic acids is 1. The van der Waals surface area contributed by atoms with Gasteiger partial charge in [-0.05, 0) is 43.5 Å². The number of nitrogens with one attached hydrogen (secondary N) is 2. The molecule has 1 rings (SSSR count). The average Bonchev–Trinajstić information content (AvgIpc) is 2.57. The molecule has 0 saturated carbocycles. The Labute approximate surface area is 143 Å². The maximum absolute atomic E-state index is 12.8. The Morgan fingerprint density at radius 3 is 2.62 bits per heavy atom. The third-order valence-electron chi connectivity index (χ3n) is 3.51. The molecule has 0 heterocycles. The van der Waals surface area contributed by atoms with Crippen molar-refractivity contribution in [2.45, 2.75) is 25.7 Å². The van der Waals surface area contributed by atoms with E-state index in [9.17, 15) is 9.18 Å². The van der Waals surface area contributed by atoms with E-state index in [-0.39, 0.29) is 18.3 Å². The number of anilines is 1. The number of hydrogen-bond donors (Lipinski definition) is 2. The number of halogens is 1. The Balaban J connectivity index is 2.32. The summed E-state index contributed by atoms with van der Waals surface area (Å²) in [4.78, 5) is 18.1. The van der Waals surface area contributed by atoms with Gasteiger partial charge in [-0.3, -0.25) is 9.79 Å². The van der Waals surface area contributed by atoms with Crippen molar-refractivity contribution in [2.75, 3.05) is 32.5 Å². The largest absolute Gasteiger partial charge is 0.347 e. The number of nitrogens with zero attached hydrogens (tertiary/aromatic N) is 2. The van der Waals surface area contributed by atoms with Crippen molar-refractivity contribution >= 4 is 17.6 Å². The molecule has 1 aromatic carbocycles. The summed E-state index contributed by atoms with van der Waals surface area (Å²) in [5.74, 6) is 0.136. The standard InChI is InChI=1S/C18H27FN4O/c1-4-5-6-7-8-13-23(3)18(20-2)21-14-17(24)22-16-11-9-15(19)10-12-16/h4,9-12H,1,5-8,13-14H2,2-3H3,(H,20,21)(H,22,24). The van der Waals surface area contributed by atoms with Gasteiger partial charge in [0.15, 0.2) is 5.96 Å². The Morgan fingerprint density at radius 1 is 1.29 bits per heavy atom. The van der Waals surface area contributed by atoms with Gasteiger partial charge in [0.1, 0.15) is 5.82 Å². The molecule has 1 aromatic rings. The molecule has 0 aromatic heterocycles. The molecule has 6 heteroatoms. The van der Waals surface area contributed by atoms with Gasteiger partial charge < -0.3 is 15.5 Å². The molecule has 0 radical (unpaired) electrons. The monoisotopic (exact) mass is 334 g/mol. The SMILES string of the molecule is C=CCCCCCN(C)C(=NC)NCC(=O)Nc1ccc(F)cc1. The lowest BCUT2D eigenvalue weighted by Gasteiger charge is -2.21. The van der Waals surface area contributed by atoms with Crippen LogP contribution in [0.2, 0.25) is 0 Å². The summed E-state index contributed by atoms with van der Waals surface area (Å²) in [6, 6.07) is 5.67. The van der Waals surface area contributed by atoms with Gasteiger partial charge in [0, 0.05) is 26.3 Å². The van der Waals surface area contributed by atoms with Gasteiger partial charge in [-0.15, -0.1) is 6.58 Å². The van der Waals surface area contributed by atoms with Crippen molar-refractivity contribution < 1.29 is 9.18 Å². The van der Waals surface area contributed by atoms with Gasteiger partial charge in [-0.1, -0.05) is 12.5 Å². The second-order valence-electron chi connectivity index (χ2n) is 5.52. The third kappa shape index (κ3) is 7.76. The van der Waals surface area contributed by atoms with Crippen molar-refractivity contribution in [2.24, 2.45) is 4.99 Å². The molecule has 0 bridgehead atoms. The number of carbonyl (C=O) groups is 1. The second-order valence-corrected chi connectivity index (χ2v) is 5.52. The van der Waals surface area contributed by atoms with Crippen LogP contribution < -0.4 is 10.6 Å². The number of rotatable bonds is 9. The van der Waals surface area contributed by atoms with E-state index in [4.69, 9.17) is 0 Å². The summed E-state index contributed by atoms with van der Waals surface area (Å²) in [5.41, 5.74) is 0.564. The Bertz CT molecular complexity index is 542. The van der Waals surface area contributed by atoms with Crippen molar-refractivity contribution in [3.8, 4) is 0 Å². The van der Waals surface area contributed by atoms with Crippen molar-refractivity contribution in [1.29, 1.82) is 0 Å². The highest BCUT2D eigenvalue weighted by atomic mass is 19.1. The molecular weight excluding hydrogens is 307 g/mol. The first-order valence-corrected chi connectivity index (χ1v) is 8.15.